The first-order valence-corrected chi connectivity index (χ1v) is 16.6. The standard InChI is InChI=1S/C37H48O8.V/c1-5-28-20-31(44-36(43-28)26-12-7-6-8-13-26)19-27(38)18-30-22-32(42-24(3)41-30)21-29-17-23(2)40-37(45-29)35-33-14-10-9-11-25(33)15-16-34(35)39-4;/h6-16,23-24,27-32,36-38H,5,17-22H2,1-4H3;. The quantitative estimate of drug-likeness (QED) is 0.239. The first-order valence-electron chi connectivity index (χ1n) is 16.6. The molecule has 10 atom stereocenters. The van der Waals surface area contributed by atoms with Crippen LogP contribution in [0, 0.1) is 0 Å². The molecular weight excluding hydrogens is 623 g/mol. The Morgan fingerprint density at radius 1 is 0.717 bits per heavy atom. The van der Waals surface area contributed by atoms with Gasteiger partial charge in [0, 0.05) is 43.4 Å². The minimum absolute atomic E-state index is 0. The first-order chi connectivity index (χ1) is 21.9. The Morgan fingerprint density at radius 3 is 2.11 bits per heavy atom. The molecule has 0 saturated carbocycles. The molecule has 3 aromatic carbocycles. The molecule has 0 aliphatic carbocycles. The van der Waals surface area contributed by atoms with Crippen molar-refractivity contribution in [2.75, 3.05) is 7.11 Å². The number of benzene rings is 3. The van der Waals surface area contributed by atoms with Gasteiger partial charge in [0.25, 0.3) is 0 Å². The van der Waals surface area contributed by atoms with Crippen LogP contribution in [0.2, 0.25) is 0 Å². The zero-order chi connectivity index (χ0) is 31.3. The van der Waals surface area contributed by atoms with Gasteiger partial charge in [0.15, 0.2) is 18.9 Å². The summed E-state index contributed by atoms with van der Waals surface area (Å²) in [6.45, 7) is 6.16. The molecule has 9 heteroatoms. The maximum atomic E-state index is 11.2. The molecule has 3 heterocycles. The Kier molecular flexibility index (Phi) is 12.6. The predicted molar refractivity (Wildman–Crippen MR) is 171 cm³/mol. The van der Waals surface area contributed by atoms with Crippen molar-refractivity contribution in [2.24, 2.45) is 0 Å². The Balaban J connectivity index is 0.00000417. The van der Waals surface area contributed by atoms with Crippen molar-refractivity contribution in [1.82, 2.24) is 0 Å². The summed E-state index contributed by atoms with van der Waals surface area (Å²) >= 11 is 0. The van der Waals surface area contributed by atoms with Gasteiger partial charge in [-0.1, -0.05) is 67.6 Å². The molecule has 6 rings (SSSR count). The second kappa shape index (κ2) is 16.4. The predicted octanol–water partition coefficient (Wildman–Crippen LogP) is 7.37. The second-order valence-corrected chi connectivity index (χ2v) is 12.8. The molecule has 3 fully saturated rings. The van der Waals surface area contributed by atoms with E-state index in [9.17, 15) is 5.11 Å². The van der Waals surface area contributed by atoms with E-state index in [2.05, 4.69) is 32.0 Å². The second-order valence-electron chi connectivity index (χ2n) is 12.8. The van der Waals surface area contributed by atoms with Crippen molar-refractivity contribution < 1.29 is 56.8 Å². The van der Waals surface area contributed by atoms with Gasteiger partial charge in [-0.2, -0.15) is 0 Å². The third kappa shape index (κ3) is 8.73. The van der Waals surface area contributed by atoms with Crippen LogP contribution >= 0.6 is 0 Å². The zero-order valence-corrected chi connectivity index (χ0v) is 28.7. The number of fused-ring (bicyclic) bond motifs is 1. The van der Waals surface area contributed by atoms with Crippen LogP contribution in [0.3, 0.4) is 0 Å². The molecule has 249 valence electrons. The minimum Gasteiger partial charge on any atom is -0.496 e. The van der Waals surface area contributed by atoms with Crippen LogP contribution in [-0.4, -0.2) is 61.2 Å². The number of rotatable bonds is 10. The van der Waals surface area contributed by atoms with Gasteiger partial charge in [-0.05, 0) is 56.4 Å². The smallest absolute Gasteiger partial charge is 0.188 e. The fourth-order valence-corrected chi connectivity index (χ4v) is 7.13. The average molecular weight is 672 g/mol. The van der Waals surface area contributed by atoms with Gasteiger partial charge < -0.3 is 38.3 Å². The fourth-order valence-electron chi connectivity index (χ4n) is 7.13. The van der Waals surface area contributed by atoms with E-state index in [1.165, 1.54) is 0 Å². The van der Waals surface area contributed by atoms with E-state index in [1.807, 2.05) is 55.5 Å². The van der Waals surface area contributed by atoms with E-state index in [0.29, 0.717) is 19.3 Å². The Morgan fingerprint density at radius 2 is 1.35 bits per heavy atom. The van der Waals surface area contributed by atoms with Crippen LogP contribution < -0.4 is 4.74 Å². The van der Waals surface area contributed by atoms with Gasteiger partial charge >= 0.3 is 0 Å². The van der Waals surface area contributed by atoms with Crippen LogP contribution in [0.25, 0.3) is 10.8 Å². The van der Waals surface area contributed by atoms with E-state index >= 15 is 0 Å². The third-order valence-corrected chi connectivity index (χ3v) is 9.23. The van der Waals surface area contributed by atoms with Crippen molar-refractivity contribution in [2.45, 2.75) is 127 Å². The van der Waals surface area contributed by atoms with Gasteiger partial charge in [-0.15, -0.1) is 0 Å². The average Bonchev–Trinajstić information content (AvgIpc) is 3.03. The maximum Gasteiger partial charge on any atom is 0.188 e. The molecule has 3 aromatic rings. The largest absolute Gasteiger partial charge is 0.496 e. The van der Waals surface area contributed by atoms with Gasteiger partial charge in [-0.25, -0.2) is 0 Å². The summed E-state index contributed by atoms with van der Waals surface area (Å²) in [5.74, 6) is 0.755. The molecule has 1 radical (unpaired) electrons. The molecule has 0 aromatic heterocycles. The molecular formula is C37H48O8V. The van der Waals surface area contributed by atoms with Gasteiger partial charge in [0.05, 0.1) is 55.4 Å². The summed E-state index contributed by atoms with van der Waals surface area (Å²) in [7, 11) is 1.68. The van der Waals surface area contributed by atoms with E-state index in [1.54, 1.807) is 7.11 Å². The molecule has 3 aliphatic heterocycles. The van der Waals surface area contributed by atoms with Crippen LogP contribution in [0.1, 0.15) is 89.4 Å². The molecule has 8 nitrogen and oxygen atoms in total. The number of aliphatic hydroxyl groups excluding tert-OH is 1. The molecule has 0 spiro atoms. The maximum absolute atomic E-state index is 11.2. The van der Waals surface area contributed by atoms with E-state index in [4.69, 9.17) is 33.2 Å². The number of aliphatic hydroxyl groups is 1. The molecule has 3 saturated heterocycles. The Bertz CT molecular complexity index is 1370. The topological polar surface area (TPSA) is 84.8 Å². The number of ether oxygens (including phenoxy) is 7. The summed E-state index contributed by atoms with van der Waals surface area (Å²) in [5.41, 5.74) is 1.93. The van der Waals surface area contributed by atoms with Crippen molar-refractivity contribution in [1.29, 1.82) is 0 Å². The normalized spacial score (nSPS) is 32.4. The van der Waals surface area contributed by atoms with E-state index in [0.717, 1.165) is 53.3 Å². The summed E-state index contributed by atoms with van der Waals surface area (Å²) in [6.07, 6.45) is 2.86. The molecule has 3 aliphatic rings. The van der Waals surface area contributed by atoms with E-state index in [-0.39, 0.29) is 61.5 Å². The van der Waals surface area contributed by atoms with Crippen LogP contribution in [0.15, 0.2) is 66.7 Å². The van der Waals surface area contributed by atoms with Crippen molar-refractivity contribution in [3.63, 3.8) is 0 Å². The first kappa shape index (κ1) is 35.3. The summed E-state index contributed by atoms with van der Waals surface area (Å²) in [4.78, 5) is 0. The number of hydrogen-bond acceptors (Lipinski definition) is 8. The summed E-state index contributed by atoms with van der Waals surface area (Å²) < 4.78 is 43.6. The van der Waals surface area contributed by atoms with Crippen molar-refractivity contribution in [3.05, 3.63) is 77.9 Å². The van der Waals surface area contributed by atoms with E-state index < -0.39 is 18.7 Å². The molecule has 0 amide bonds. The fraction of sp³-hybridized carbons (Fsp3) is 0.568. The van der Waals surface area contributed by atoms with Crippen molar-refractivity contribution >= 4 is 10.8 Å². The zero-order valence-electron chi connectivity index (χ0n) is 27.3. The van der Waals surface area contributed by atoms with Crippen LogP contribution in [0.4, 0.5) is 0 Å². The summed E-state index contributed by atoms with van der Waals surface area (Å²) in [5, 5.41) is 13.4. The van der Waals surface area contributed by atoms with Gasteiger partial charge in [0.2, 0.25) is 0 Å². The monoisotopic (exact) mass is 671 g/mol. The SMILES string of the molecule is CCC1CC(CC(O)CC2CC(CC3CC(C)OC(c4c(OC)ccc5ccccc45)O3)OC(C)O2)OC(c2ccccc2)O1.[V]. The van der Waals surface area contributed by atoms with Gasteiger partial charge in [-0.3, -0.25) is 0 Å². The third-order valence-electron chi connectivity index (χ3n) is 9.23. The van der Waals surface area contributed by atoms with Gasteiger partial charge in [0.1, 0.15) is 5.75 Å². The minimum atomic E-state index is -0.555. The number of hydrogen-bond donors (Lipinski definition) is 1. The number of methoxy groups -OCH3 is 1. The van der Waals surface area contributed by atoms with Crippen LogP contribution in [0.5, 0.6) is 5.75 Å². The molecule has 1 N–H and O–H groups in total. The molecule has 46 heavy (non-hydrogen) atoms. The Labute approximate surface area is 284 Å². The van der Waals surface area contributed by atoms with Crippen molar-refractivity contribution in [3.8, 4) is 5.75 Å². The molecule has 10 unspecified atom stereocenters. The summed E-state index contributed by atoms with van der Waals surface area (Å²) in [6, 6.07) is 22.3. The molecule has 0 bridgehead atoms. The van der Waals surface area contributed by atoms with Crippen LogP contribution in [-0.2, 0) is 47.0 Å². The Hall–Kier alpha value is -1.98.